The lowest BCUT2D eigenvalue weighted by Gasteiger charge is -2.28. The SMILES string of the molecule is CCOC(=O)C(C)(C)C(=O)C1CSCCO1. The van der Waals surface area contributed by atoms with Crippen molar-refractivity contribution in [2.75, 3.05) is 24.7 Å². The van der Waals surface area contributed by atoms with E-state index in [-0.39, 0.29) is 12.4 Å². The summed E-state index contributed by atoms with van der Waals surface area (Å²) < 4.78 is 10.3. The molecule has 0 bridgehead atoms. The Morgan fingerprint density at radius 2 is 2.19 bits per heavy atom. The zero-order valence-electron chi connectivity index (χ0n) is 9.95. The molecule has 4 nitrogen and oxygen atoms in total. The smallest absolute Gasteiger partial charge is 0.319 e. The van der Waals surface area contributed by atoms with Gasteiger partial charge in [-0.3, -0.25) is 9.59 Å². The van der Waals surface area contributed by atoms with Crippen LogP contribution in [0.25, 0.3) is 0 Å². The minimum atomic E-state index is -1.11. The highest BCUT2D eigenvalue weighted by Gasteiger charge is 2.42. The molecule has 0 spiro atoms. The van der Waals surface area contributed by atoms with E-state index in [4.69, 9.17) is 9.47 Å². The van der Waals surface area contributed by atoms with E-state index in [2.05, 4.69) is 0 Å². The zero-order valence-corrected chi connectivity index (χ0v) is 10.8. The summed E-state index contributed by atoms with van der Waals surface area (Å²) in [5.74, 6) is 0.878. The number of esters is 1. The van der Waals surface area contributed by atoms with Crippen molar-refractivity contribution in [2.24, 2.45) is 5.41 Å². The normalized spacial score (nSPS) is 21.6. The maximum Gasteiger partial charge on any atom is 0.319 e. The number of carbonyl (C=O) groups excluding carboxylic acids is 2. The molecule has 0 aliphatic carbocycles. The summed E-state index contributed by atoms with van der Waals surface area (Å²) in [5, 5.41) is 0. The number of ketones is 1. The molecule has 0 N–H and O–H groups in total. The van der Waals surface area contributed by atoms with Gasteiger partial charge in [0.1, 0.15) is 11.5 Å². The summed E-state index contributed by atoms with van der Waals surface area (Å²) in [5.41, 5.74) is -1.11. The lowest BCUT2D eigenvalue weighted by atomic mass is 9.85. The minimum Gasteiger partial charge on any atom is -0.465 e. The van der Waals surface area contributed by atoms with Crippen LogP contribution in [0, 0.1) is 5.41 Å². The lowest BCUT2D eigenvalue weighted by Crippen LogP contribution is -2.45. The van der Waals surface area contributed by atoms with Crippen LogP contribution in [0.3, 0.4) is 0 Å². The Morgan fingerprint density at radius 3 is 2.69 bits per heavy atom. The van der Waals surface area contributed by atoms with Crippen LogP contribution in [0.1, 0.15) is 20.8 Å². The Balaban J connectivity index is 2.66. The zero-order chi connectivity index (χ0) is 12.2. The van der Waals surface area contributed by atoms with Crippen molar-refractivity contribution in [3.05, 3.63) is 0 Å². The third kappa shape index (κ3) is 2.98. The highest BCUT2D eigenvalue weighted by molar-refractivity contribution is 7.99. The van der Waals surface area contributed by atoms with Gasteiger partial charge in [-0.1, -0.05) is 0 Å². The Labute approximate surface area is 100 Å². The number of Topliss-reactive ketones (excluding diaryl/α,β-unsaturated/α-hetero) is 1. The third-order valence-corrected chi connectivity index (χ3v) is 3.50. The first-order chi connectivity index (χ1) is 7.50. The molecule has 1 fully saturated rings. The molecule has 0 radical (unpaired) electrons. The molecule has 0 aromatic rings. The Hall–Kier alpha value is -0.550. The first kappa shape index (κ1) is 13.5. The van der Waals surface area contributed by atoms with Crippen molar-refractivity contribution in [3.63, 3.8) is 0 Å². The van der Waals surface area contributed by atoms with Crippen LogP contribution in [-0.2, 0) is 19.1 Å². The molecule has 0 saturated carbocycles. The van der Waals surface area contributed by atoms with E-state index in [1.165, 1.54) is 0 Å². The first-order valence-corrected chi connectivity index (χ1v) is 6.56. The summed E-state index contributed by atoms with van der Waals surface area (Å²) in [4.78, 5) is 23.7. The van der Waals surface area contributed by atoms with Crippen molar-refractivity contribution >= 4 is 23.5 Å². The molecule has 0 amide bonds. The first-order valence-electron chi connectivity index (χ1n) is 5.41. The maximum absolute atomic E-state index is 12.1. The van der Waals surface area contributed by atoms with Crippen LogP contribution in [0.2, 0.25) is 0 Å². The second-order valence-corrected chi connectivity index (χ2v) is 5.29. The van der Waals surface area contributed by atoms with Gasteiger partial charge < -0.3 is 9.47 Å². The predicted octanol–water partition coefficient (Wildman–Crippen LogP) is 1.28. The minimum absolute atomic E-state index is 0.182. The Bertz CT molecular complexity index is 269. The van der Waals surface area contributed by atoms with Gasteiger partial charge >= 0.3 is 5.97 Å². The number of rotatable bonds is 4. The predicted molar refractivity (Wildman–Crippen MR) is 62.5 cm³/mol. The number of hydrogen-bond donors (Lipinski definition) is 0. The van der Waals surface area contributed by atoms with Gasteiger partial charge in [0.2, 0.25) is 0 Å². The molecular formula is C11H18O4S. The molecule has 1 rings (SSSR count). The van der Waals surface area contributed by atoms with Crippen molar-refractivity contribution in [1.82, 2.24) is 0 Å². The number of ether oxygens (including phenoxy) is 2. The second-order valence-electron chi connectivity index (χ2n) is 4.14. The monoisotopic (exact) mass is 246 g/mol. The van der Waals surface area contributed by atoms with Gasteiger partial charge in [0.25, 0.3) is 0 Å². The van der Waals surface area contributed by atoms with Crippen molar-refractivity contribution < 1.29 is 19.1 Å². The average Bonchev–Trinajstić information content (AvgIpc) is 2.29. The van der Waals surface area contributed by atoms with Crippen LogP contribution >= 0.6 is 11.8 Å². The average molecular weight is 246 g/mol. The standard InChI is InChI=1S/C11H18O4S/c1-4-14-10(13)11(2,3)9(12)8-7-16-6-5-15-8/h8H,4-7H2,1-3H3. The van der Waals surface area contributed by atoms with Crippen LogP contribution in [-0.4, -0.2) is 42.6 Å². The molecular weight excluding hydrogens is 228 g/mol. The maximum atomic E-state index is 12.1. The fourth-order valence-corrected chi connectivity index (χ4v) is 2.30. The van der Waals surface area contributed by atoms with Gasteiger partial charge in [-0.05, 0) is 20.8 Å². The van der Waals surface area contributed by atoms with Gasteiger partial charge in [-0.2, -0.15) is 11.8 Å². The van der Waals surface area contributed by atoms with E-state index < -0.39 is 17.5 Å². The number of hydrogen-bond acceptors (Lipinski definition) is 5. The van der Waals surface area contributed by atoms with Crippen molar-refractivity contribution in [1.29, 1.82) is 0 Å². The summed E-state index contributed by atoms with van der Waals surface area (Å²) in [6.45, 7) is 5.77. The molecule has 1 unspecified atom stereocenters. The molecule has 1 aliphatic heterocycles. The van der Waals surface area contributed by atoms with E-state index in [1.54, 1.807) is 32.5 Å². The van der Waals surface area contributed by atoms with Crippen molar-refractivity contribution in [2.45, 2.75) is 26.9 Å². The van der Waals surface area contributed by atoms with Crippen LogP contribution in [0.15, 0.2) is 0 Å². The molecule has 0 aromatic heterocycles. The molecule has 1 heterocycles. The molecule has 0 aromatic carbocycles. The van der Waals surface area contributed by atoms with Crippen LogP contribution < -0.4 is 0 Å². The summed E-state index contributed by atoms with van der Waals surface area (Å²) in [7, 11) is 0. The van der Waals surface area contributed by atoms with Gasteiger partial charge in [-0.25, -0.2) is 0 Å². The highest BCUT2D eigenvalue weighted by atomic mass is 32.2. The molecule has 92 valence electrons. The quantitative estimate of drug-likeness (QED) is 0.552. The summed E-state index contributed by atoms with van der Waals surface area (Å²) >= 11 is 1.67. The van der Waals surface area contributed by atoms with Gasteiger partial charge in [-0.15, -0.1) is 0 Å². The fourth-order valence-electron chi connectivity index (χ4n) is 1.45. The van der Waals surface area contributed by atoms with Crippen LogP contribution in [0.4, 0.5) is 0 Å². The molecule has 1 aliphatic rings. The lowest BCUT2D eigenvalue weighted by molar-refractivity contribution is -0.161. The Morgan fingerprint density at radius 1 is 1.50 bits per heavy atom. The van der Waals surface area contributed by atoms with E-state index in [9.17, 15) is 9.59 Å². The van der Waals surface area contributed by atoms with E-state index in [0.29, 0.717) is 12.4 Å². The largest absolute Gasteiger partial charge is 0.465 e. The number of carbonyl (C=O) groups is 2. The van der Waals surface area contributed by atoms with E-state index in [0.717, 1.165) is 5.75 Å². The molecule has 1 saturated heterocycles. The molecule has 5 heteroatoms. The summed E-state index contributed by atoms with van der Waals surface area (Å²) in [6.07, 6.45) is -0.474. The highest BCUT2D eigenvalue weighted by Crippen LogP contribution is 2.25. The van der Waals surface area contributed by atoms with Gasteiger partial charge in [0.15, 0.2) is 5.78 Å². The number of thioether (sulfide) groups is 1. The third-order valence-electron chi connectivity index (χ3n) is 2.51. The fraction of sp³-hybridized carbons (Fsp3) is 0.818. The molecule has 16 heavy (non-hydrogen) atoms. The van der Waals surface area contributed by atoms with E-state index in [1.807, 2.05) is 0 Å². The van der Waals surface area contributed by atoms with Gasteiger partial charge in [0.05, 0.1) is 13.2 Å². The van der Waals surface area contributed by atoms with Crippen LogP contribution in [0.5, 0.6) is 0 Å². The summed E-state index contributed by atoms with van der Waals surface area (Å²) in [6, 6.07) is 0. The topological polar surface area (TPSA) is 52.6 Å². The molecule has 1 atom stereocenters. The van der Waals surface area contributed by atoms with Gasteiger partial charge in [0, 0.05) is 11.5 Å². The second kappa shape index (κ2) is 5.68. The van der Waals surface area contributed by atoms with Crippen molar-refractivity contribution in [3.8, 4) is 0 Å². The Kier molecular flexibility index (Phi) is 4.80. The van der Waals surface area contributed by atoms with E-state index >= 15 is 0 Å².